The first kappa shape index (κ1) is 18.9. The number of nitrogens with zero attached hydrogens (tertiary/aromatic N) is 1. The fourth-order valence-electron chi connectivity index (χ4n) is 4.32. The molecule has 0 saturated carbocycles. The van der Waals surface area contributed by atoms with Gasteiger partial charge in [-0.2, -0.15) is 0 Å². The van der Waals surface area contributed by atoms with E-state index < -0.39 is 0 Å². The molecule has 2 aromatic rings. The number of phenolic OH excluding ortho intramolecular Hbond substituents is 1. The minimum atomic E-state index is 0.136. The number of phenols is 1. The lowest BCUT2D eigenvalue weighted by molar-refractivity contribution is 0.112. The van der Waals surface area contributed by atoms with Crippen molar-refractivity contribution in [3.63, 3.8) is 0 Å². The number of benzene rings is 2. The predicted molar refractivity (Wildman–Crippen MR) is 105 cm³/mol. The zero-order valence-electron chi connectivity index (χ0n) is 15.2. The van der Waals surface area contributed by atoms with Gasteiger partial charge in [0, 0.05) is 24.1 Å². The van der Waals surface area contributed by atoms with Crippen LogP contribution in [0.5, 0.6) is 5.75 Å². The summed E-state index contributed by atoms with van der Waals surface area (Å²) < 4.78 is 0. The van der Waals surface area contributed by atoms with Gasteiger partial charge in [0.1, 0.15) is 12.0 Å². The minimum absolute atomic E-state index is 0.136. The van der Waals surface area contributed by atoms with Crippen LogP contribution in [-0.4, -0.2) is 43.0 Å². The first-order valence-electron chi connectivity index (χ1n) is 8.95. The average molecular weight is 373 g/mol. The van der Waals surface area contributed by atoms with E-state index in [2.05, 4.69) is 23.7 Å². The Balaban J connectivity index is 0.000000948. The van der Waals surface area contributed by atoms with E-state index >= 15 is 0 Å². The third kappa shape index (κ3) is 3.25. The van der Waals surface area contributed by atoms with Crippen molar-refractivity contribution in [2.45, 2.75) is 31.2 Å². The lowest BCUT2D eigenvalue weighted by Gasteiger charge is -2.38. The Morgan fingerprint density at radius 2 is 1.88 bits per heavy atom. The number of carbonyl (C=O) groups excluding carboxylic acids is 1. The van der Waals surface area contributed by atoms with Crippen molar-refractivity contribution in [3.8, 4) is 5.75 Å². The van der Waals surface area contributed by atoms with Crippen molar-refractivity contribution >= 4 is 17.9 Å². The van der Waals surface area contributed by atoms with Gasteiger partial charge < -0.3 is 15.7 Å². The number of fused-ring (bicyclic) bond motifs is 5. The normalized spacial score (nSPS) is 21.4. The zero-order chi connectivity index (χ0) is 18.8. The van der Waals surface area contributed by atoms with E-state index in [1.807, 2.05) is 24.3 Å². The Morgan fingerprint density at radius 3 is 2.62 bits per heavy atom. The Bertz CT molecular complexity index is 822. The second-order valence-corrected chi connectivity index (χ2v) is 7.30. The van der Waals surface area contributed by atoms with E-state index in [4.69, 9.17) is 11.6 Å². The second-order valence-electron chi connectivity index (χ2n) is 6.89. The summed E-state index contributed by atoms with van der Waals surface area (Å²) in [6.07, 6.45) is 3.93. The fourth-order valence-corrected chi connectivity index (χ4v) is 4.50. The van der Waals surface area contributed by atoms with Gasteiger partial charge in [0.15, 0.2) is 0 Å². The fraction of sp³-hybridized carbons (Fsp3) is 0.381. The lowest BCUT2D eigenvalue weighted by Crippen LogP contribution is -2.39. The number of likely N-dealkylation sites (N-methyl/N-ethyl adjacent to an activating group) is 1. The molecule has 0 bridgehead atoms. The van der Waals surface area contributed by atoms with E-state index in [1.54, 1.807) is 0 Å². The number of carbonyl (C=O) groups is 1. The van der Waals surface area contributed by atoms with Crippen LogP contribution in [-0.2, 0) is 12.8 Å². The molecule has 4 rings (SSSR count). The van der Waals surface area contributed by atoms with Crippen molar-refractivity contribution in [2.75, 3.05) is 20.6 Å². The van der Waals surface area contributed by atoms with E-state index in [0.29, 0.717) is 16.6 Å². The molecule has 0 fully saturated rings. The number of aryl methyl sites for hydroxylation is 1. The van der Waals surface area contributed by atoms with Gasteiger partial charge in [-0.05, 0) is 73.8 Å². The van der Waals surface area contributed by atoms with E-state index in [-0.39, 0.29) is 11.7 Å². The summed E-state index contributed by atoms with van der Waals surface area (Å²) in [7, 11) is 3.67. The smallest absolute Gasteiger partial charge is 0.150 e. The van der Waals surface area contributed by atoms with Gasteiger partial charge in [-0.1, -0.05) is 23.7 Å². The first-order valence-corrected chi connectivity index (χ1v) is 9.33. The van der Waals surface area contributed by atoms with Crippen LogP contribution in [0.2, 0.25) is 5.02 Å². The molecule has 26 heavy (non-hydrogen) atoms. The molecule has 0 amide bonds. The highest BCUT2D eigenvalue weighted by molar-refractivity contribution is 6.32. The van der Waals surface area contributed by atoms with Gasteiger partial charge in [-0.25, -0.2) is 0 Å². The molecule has 3 N–H and O–H groups in total. The Morgan fingerprint density at radius 1 is 1.15 bits per heavy atom. The minimum Gasteiger partial charge on any atom is -0.506 e. The molecule has 2 unspecified atom stereocenters. The maximum absolute atomic E-state index is 11.3. The summed E-state index contributed by atoms with van der Waals surface area (Å²) in [5, 5.41) is 10.6. The van der Waals surface area contributed by atoms with Crippen molar-refractivity contribution < 1.29 is 9.90 Å². The topological polar surface area (TPSA) is 66.6 Å². The Hall–Kier alpha value is -1.88. The monoisotopic (exact) mass is 372 g/mol. The molecule has 138 valence electrons. The Kier molecular flexibility index (Phi) is 5.66. The summed E-state index contributed by atoms with van der Waals surface area (Å²) in [5.41, 5.74) is 10.1. The average Bonchev–Trinajstić information content (AvgIpc) is 2.81. The van der Waals surface area contributed by atoms with E-state index in [9.17, 15) is 9.90 Å². The van der Waals surface area contributed by atoms with Gasteiger partial charge in [-0.3, -0.25) is 4.79 Å². The molecule has 5 heteroatoms. The molecule has 2 aromatic carbocycles. The number of rotatable bonds is 1. The summed E-state index contributed by atoms with van der Waals surface area (Å²) >= 11 is 6.15. The third-order valence-electron chi connectivity index (χ3n) is 5.58. The van der Waals surface area contributed by atoms with Gasteiger partial charge in [0.2, 0.25) is 0 Å². The van der Waals surface area contributed by atoms with Crippen LogP contribution >= 0.6 is 11.6 Å². The molecular formula is C21H25ClN2O2. The highest BCUT2D eigenvalue weighted by Crippen LogP contribution is 2.44. The molecule has 1 aliphatic carbocycles. The number of aromatic hydroxyl groups is 1. The SMILES string of the molecule is CN.CN1CCc2cc(Cl)c(O)cc2C2c3cc(C=O)ccc3CCC21. The van der Waals surface area contributed by atoms with Crippen LogP contribution in [0.1, 0.15) is 45.0 Å². The number of hydrogen-bond donors (Lipinski definition) is 2. The Labute approximate surface area is 159 Å². The molecule has 1 heterocycles. The standard InChI is InChI=1S/C20H20ClNO2.CH5N/c1-22-7-6-14-9-17(21)19(24)10-16(14)20-15-8-12(11-23)2-3-13(15)4-5-18(20)22;1-2/h2-3,8-11,18,20,24H,4-7H2,1H3;2H2,1H3. The highest BCUT2D eigenvalue weighted by Gasteiger charge is 2.36. The third-order valence-corrected chi connectivity index (χ3v) is 5.88. The number of aldehydes is 1. The first-order chi connectivity index (χ1) is 12.6. The van der Waals surface area contributed by atoms with Crippen LogP contribution < -0.4 is 5.73 Å². The van der Waals surface area contributed by atoms with Crippen LogP contribution in [0, 0.1) is 0 Å². The van der Waals surface area contributed by atoms with Gasteiger partial charge in [-0.15, -0.1) is 0 Å². The predicted octanol–water partition coefficient (Wildman–Crippen LogP) is 3.37. The summed E-state index contributed by atoms with van der Waals surface area (Å²) in [4.78, 5) is 13.7. The molecule has 0 saturated heterocycles. The van der Waals surface area contributed by atoms with E-state index in [1.165, 1.54) is 23.7 Å². The van der Waals surface area contributed by atoms with Crippen LogP contribution in [0.4, 0.5) is 0 Å². The van der Waals surface area contributed by atoms with Gasteiger partial charge >= 0.3 is 0 Å². The summed E-state index contributed by atoms with van der Waals surface area (Å²) in [6, 6.07) is 10.1. The molecule has 2 aliphatic rings. The molecule has 4 nitrogen and oxygen atoms in total. The van der Waals surface area contributed by atoms with Crippen molar-refractivity contribution in [1.82, 2.24) is 4.90 Å². The number of hydrogen-bond acceptors (Lipinski definition) is 4. The maximum Gasteiger partial charge on any atom is 0.150 e. The lowest BCUT2D eigenvalue weighted by atomic mass is 9.74. The largest absolute Gasteiger partial charge is 0.506 e. The molecule has 0 radical (unpaired) electrons. The molecule has 2 atom stereocenters. The number of halogens is 1. The number of nitrogens with two attached hydrogens (primary N) is 1. The second kappa shape index (κ2) is 7.78. The van der Waals surface area contributed by atoms with Gasteiger partial charge in [0.05, 0.1) is 5.02 Å². The van der Waals surface area contributed by atoms with E-state index in [0.717, 1.165) is 37.7 Å². The van der Waals surface area contributed by atoms with Crippen molar-refractivity contribution in [2.24, 2.45) is 5.73 Å². The van der Waals surface area contributed by atoms with Gasteiger partial charge in [0.25, 0.3) is 0 Å². The molecule has 0 aromatic heterocycles. The van der Waals surface area contributed by atoms with Crippen LogP contribution in [0.15, 0.2) is 30.3 Å². The molecule has 0 spiro atoms. The highest BCUT2D eigenvalue weighted by atomic mass is 35.5. The van der Waals surface area contributed by atoms with Crippen molar-refractivity contribution in [3.05, 3.63) is 63.2 Å². The quantitative estimate of drug-likeness (QED) is 0.753. The molecular weight excluding hydrogens is 348 g/mol. The molecule has 1 aliphatic heterocycles. The maximum atomic E-state index is 11.3. The van der Waals surface area contributed by atoms with Crippen molar-refractivity contribution in [1.29, 1.82) is 0 Å². The summed E-state index contributed by atoms with van der Waals surface area (Å²) in [5.74, 6) is 0.303. The van der Waals surface area contributed by atoms with Crippen LogP contribution in [0.3, 0.4) is 0 Å². The zero-order valence-corrected chi connectivity index (χ0v) is 16.0. The van der Waals surface area contributed by atoms with Crippen LogP contribution in [0.25, 0.3) is 0 Å². The summed E-state index contributed by atoms with van der Waals surface area (Å²) in [6.45, 7) is 0.970.